The number of fused-ring (bicyclic) bond motifs is 3. The molecule has 0 fully saturated rings. The summed E-state index contributed by atoms with van der Waals surface area (Å²) in [6.07, 6.45) is 0. The Morgan fingerprint density at radius 1 is 0.179 bits per heavy atom. The van der Waals surface area contributed by atoms with E-state index in [9.17, 15) is 0 Å². The predicted molar refractivity (Wildman–Crippen MR) is 297 cm³/mol. The van der Waals surface area contributed by atoms with E-state index < -0.39 is 0 Å². The highest BCUT2D eigenvalue weighted by Crippen LogP contribution is 2.61. The van der Waals surface area contributed by atoms with E-state index in [1.54, 1.807) is 0 Å². The first-order valence-corrected chi connectivity index (χ1v) is 25.1. The molecule has 0 heterocycles. The van der Waals surface area contributed by atoms with Crippen LogP contribution in [0.15, 0.2) is 0 Å². The van der Waals surface area contributed by atoms with Crippen molar-refractivity contribution in [1.29, 1.82) is 0 Å². The van der Waals surface area contributed by atoms with Crippen molar-refractivity contribution in [1.82, 2.24) is 0 Å². The Labute approximate surface area is 408 Å². The van der Waals surface area contributed by atoms with E-state index in [1.165, 1.54) is 201 Å². The molecule has 6 aromatic rings. The molecule has 0 bridgehead atoms. The lowest BCUT2D eigenvalue weighted by molar-refractivity contribution is 0.650. The summed E-state index contributed by atoms with van der Waals surface area (Å²) in [5, 5.41) is 0. The molecule has 1 aliphatic carbocycles. The number of hydrogen-bond donors (Lipinski definition) is 0. The molecule has 0 unspecified atom stereocenters. The van der Waals surface area contributed by atoms with Crippen molar-refractivity contribution in [3.8, 4) is 11.1 Å². The van der Waals surface area contributed by atoms with Crippen molar-refractivity contribution in [2.24, 2.45) is 0 Å². The molecule has 7 rings (SSSR count). The Morgan fingerprint density at radius 3 is 0.493 bits per heavy atom. The van der Waals surface area contributed by atoms with E-state index in [-0.39, 0.29) is 5.41 Å². The first kappa shape index (κ1) is 49.8. The zero-order chi connectivity index (χ0) is 50.4. The van der Waals surface area contributed by atoms with Crippen LogP contribution < -0.4 is 9.80 Å². The molecule has 0 radical (unpaired) electrons. The fourth-order valence-corrected chi connectivity index (χ4v) is 13.2. The Bertz CT molecular complexity index is 2720. The van der Waals surface area contributed by atoms with Gasteiger partial charge in [-0.25, -0.2) is 0 Å². The summed E-state index contributed by atoms with van der Waals surface area (Å²) < 4.78 is 0. The fourth-order valence-electron chi connectivity index (χ4n) is 13.2. The van der Waals surface area contributed by atoms with Gasteiger partial charge in [0, 0.05) is 5.41 Å². The van der Waals surface area contributed by atoms with Crippen LogP contribution in [0, 0.1) is 180 Å². The van der Waals surface area contributed by atoms with Crippen molar-refractivity contribution in [3.63, 3.8) is 0 Å². The Morgan fingerprint density at radius 2 is 0.313 bits per heavy atom. The minimum absolute atomic E-state index is 0.296. The van der Waals surface area contributed by atoms with Gasteiger partial charge in [0.05, 0.1) is 34.1 Å². The first-order valence-electron chi connectivity index (χ1n) is 25.1. The lowest BCUT2D eigenvalue weighted by Crippen LogP contribution is -2.25. The maximum atomic E-state index is 2.74. The molecule has 0 atom stereocenters. The summed E-state index contributed by atoms with van der Waals surface area (Å²) in [7, 11) is 0. The van der Waals surface area contributed by atoms with Gasteiger partial charge in [0.2, 0.25) is 0 Å². The first-order chi connectivity index (χ1) is 30.9. The third kappa shape index (κ3) is 6.61. The SMILES string of the molecule is Cc1c(C)c(C)c(N(c2c(C)c(C)c(C)c(C)c2C)c2c(C)c(C)c3c(c2C)C(C)(C)c2c(C)c(N(c4c(C)c(C)c(C)c(C)c4C)c4c(C)c(C)c(C)c(C)c4C)c(C)c(C)c2-3)c(C)c1C. The zero-order valence-corrected chi connectivity index (χ0v) is 47.4. The van der Waals surface area contributed by atoms with Gasteiger partial charge in [-0.2, -0.15) is 0 Å². The van der Waals surface area contributed by atoms with Gasteiger partial charge in [-0.05, 0) is 347 Å². The van der Waals surface area contributed by atoms with Crippen LogP contribution in [0.3, 0.4) is 0 Å². The third-order valence-electron chi connectivity index (χ3n) is 19.2. The monoisotopic (exact) mass is 893 g/mol. The molecule has 0 amide bonds. The second-order valence-corrected chi connectivity index (χ2v) is 22.1. The molecule has 0 spiro atoms. The topological polar surface area (TPSA) is 6.48 Å². The normalized spacial score (nSPS) is 12.9. The van der Waals surface area contributed by atoms with E-state index in [1.807, 2.05) is 0 Å². The largest absolute Gasteiger partial charge is 0.309 e. The Balaban J connectivity index is 1.66. The van der Waals surface area contributed by atoms with E-state index in [4.69, 9.17) is 0 Å². The minimum atomic E-state index is -0.296. The van der Waals surface area contributed by atoms with Crippen LogP contribution in [0.1, 0.15) is 170 Å². The standard InChI is InChI=1S/C65H84N2/c1-29-33(5)43(15)59(44(16)34(29)6)66(60-45(17)35(7)30(2)36(8)46(60)18)63-51(23)41(13)55-56-42(14)52(24)64(54(26)58(56)65(27,28)57(55)53(63)25)67(61-47(19)37(9)31(3)38(10)48(61)20)62-49(21)39(11)32(4)40(12)50(62)22/h1-28H3. The summed E-state index contributed by atoms with van der Waals surface area (Å²) >= 11 is 0. The minimum Gasteiger partial charge on any atom is -0.309 e. The molecule has 2 nitrogen and oxygen atoms in total. The van der Waals surface area contributed by atoms with Gasteiger partial charge in [0.15, 0.2) is 0 Å². The summed E-state index contributed by atoms with van der Waals surface area (Å²) in [5.41, 5.74) is 49.3. The number of benzene rings is 6. The van der Waals surface area contributed by atoms with Crippen molar-refractivity contribution in [2.75, 3.05) is 9.80 Å². The molecule has 0 saturated carbocycles. The molecule has 0 saturated heterocycles. The van der Waals surface area contributed by atoms with Crippen LogP contribution in [0.5, 0.6) is 0 Å². The second-order valence-electron chi connectivity index (χ2n) is 22.1. The van der Waals surface area contributed by atoms with Crippen LogP contribution in [-0.2, 0) is 5.41 Å². The molecule has 1 aliphatic rings. The number of anilines is 6. The van der Waals surface area contributed by atoms with E-state index in [0.29, 0.717) is 0 Å². The van der Waals surface area contributed by atoms with Crippen LogP contribution in [0.2, 0.25) is 0 Å². The molecule has 2 heteroatoms. The molecular weight excluding hydrogens is 809 g/mol. The quantitative estimate of drug-likeness (QED) is 0.164. The molecular formula is C65H84N2. The van der Waals surface area contributed by atoms with Crippen LogP contribution in [-0.4, -0.2) is 0 Å². The highest BCUT2D eigenvalue weighted by molar-refractivity contribution is 5.99. The number of nitrogens with zero attached hydrogens (tertiary/aromatic N) is 2. The predicted octanol–water partition coefficient (Wildman–Crippen LogP) is 19.0. The summed E-state index contributed by atoms with van der Waals surface area (Å²) in [6, 6.07) is 0. The molecule has 0 N–H and O–H groups in total. The average Bonchev–Trinajstić information content (AvgIpc) is 3.54. The lowest BCUT2D eigenvalue weighted by atomic mass is 9.76. The molecule has 0 aliphatic heterocycles. The van der Waals surface area contributed by atoms with Gasteiger partial charge in [0.1, 0.15) is 0 Å². The van der Waals surface area contributed by atoms with Crippen LogP contribution in [0.4, 0.5) is 34.1 Å². The van der Waals surface area contributed by atoms with Gasteiger partial charge in [-0.15, -0.1) is 0 Å². The Hall–Kier alpha value is -5.08. The lowest BCUT2D eigenvalue weighted by Gasteiger charge is -2.39. The molecule has 0 aromatic heterocycles. The fraction of sp³-hybridized carbons (Fsp3) is 0.446. The van der Waals surface area contributed by atoms with E-state index in [2.05, 4.69) is 204 Å². The van der Waals surface area contributed by atoms with Gasteiger partial charge < -0.3 is 9.80 Å². The van der Waals surface area contributed by atoms with Gasteiger partial charge >= 0.3 is 0 Å². The third-order valence-corrected chi connectivity index (χ3v) is 19.2. The van der Waals surface area contributed by atoms with E-state index >= 15 is 0 Å². The summed E-state index contributed by atoms with van der Waals surface area (Å²) in [5.74, 6) is 0. The maximum absolute atomic E-state index is 2.74. The molecule has 67 heavy (non-hydrogen) atoms. The Kier molecular flexibility index (Phi) is 12.3. The van der Waals surface area contributed by atoms with Crippen molar-refractivity contribution >= 4 is 34.1 Å². The molecule has 6 aromatic carbocycles. The number of rotatable bonds is 6. The van der Waals surface area contributed by atoms with Gasteiger partial charge in [-0.1, -0.05) is 13.8 Å². The summed E-state index contributed by atoms with van der Waals surface area (Å²) in [4.78, 5) is 5.48. The maximum Gasteiger partial charge on any atom is 0.0526 e. The van der Waals surface area contributed by atoms with Crippen LogP contribution in [0.25, 0.3) is 11.1 Å². The zero-order valence-electron chi connectivity index (χ0n) is 47.4. The van der Waals surface area contributed by atoms with Crippen molar-refractivity contribution in [3.05, 3.63) is 156 Å². The molecule has 354 valence electrons. The second kappa shape index (κ2) is 16.6. The van der Waals surface area contributed by atoms with Gasteiger partial charge in [0.25, 0.3) is 0 Å². The highest BCUT2D eigenvalue weighted by Gasteiger charge is 2.45. The number of hydrogen-bond acceptors (Lipinski definition) is 2. The highest BCUT2D eigenvalue weighted by atomic mass is 15.2. The summed E-state index contributed by atoms with van der Waals surface area (Å²) in [6.45, 7) is 66.5. The van der Waals surface area contributed by atoms with Crippen molar-refractivity contribution < 1.29 is 0 Å². The van der Waals surface area contributed by atoms with Gasteiger partial charge in [-0.3, -0.25) is 0 Å². The smallest absolute Gasteiger partial charge is 0.0526 e. The van der Waals surface area contributed by atoms with Crippen LogP contribution >= 0.6 is 0 Å². The van der Waals surface area contributed by atoms with E-state index in [0.717, 1.165) is 0 Å². The van der Waals surface area contributed by atoms with Crippen molar-refractivity contribution in [2.45, 2.75) is 199 Å². The average molecular weight is 893 g/mol.